The van der Waals surface area contributed by atoms with Crippen LogP contribution < -0.4 is 20.1 Å². The van der Waals surface area contributed by atoms with Crippen LogP contribution in [0.2, 0.25) is 0 Å². The Labute approximate surface area is 193 Å². The lowest BCUT2D eigenvalue weighted by molar-refractivity contribution is 0.292. The smallest absolute Gasteiger partial charge is 0.219 e. The number of hydrogen-bond acceptors (Lipinski definition) is 5. The Morgan fingerprint density at radius 1 is 1.06 bits per heavy atom. The topological polar surface area (TPSA) is 71.0 Å². The maximum absolute atomic E-state index is 5.79. The Balaban J connectivity index is 1.85. The standard InChI is InChI=1S/C25H39N5O2/c1-6-26-25(29-20(4)10-9-17-30(7-2)8-3)28-19-21-11-16-24(27-18-21)32-23-14-12-22(31-5)13-15-23/h11-16,18,20H,6-10,17,19H2,1-5H3,(H2,26,28,29). The minimum Gasteiger partial charge on any atom is -0.497 e. The van der Waals surface area contributed by atoms with Gasteiger partial charge in [-0.1, -0.05) is 19.9 Å². The summed E-state index contributed by atoms with van der Waals surface area (Å²) in [6, 6.07) is 11.7. The number of methoxy groups -OCH3 is 1. The predicted molar refractivity (Wildman–Crippen MR) is 132 cm³/mol. The van der Waals surface area contributed by atoms with Crippen LogP contribution in [-0.4, -0.2) is 55.2 Å². The van der Waals surface area contributed by atoms with Gasteiger partial charge in [0.05, 0.1) is 13.7 Å². The molecule has 0 amide bonds. The number of pyridine rings is 1. The van der Waals surface area contributed by atoms with E-state index in [1.807, 2.05) is 36.4 Å². The van der Waals surface area contributed by atoms with E-state index in [1.165, 1.54) is 6.42 Å². The van der Waals surface area contributed by atoms with Crippen molar-refractivity contribution in [3.05, 3.63) is 48.2 Å². The third-order valence-electron chi connectivity index (χ3n) is 5.23. The first-order valence-electron chi connectivity index (χ1n) is 11.6. The van der Waals surface area contributed by atoms with E-state index in [9.17, 15) is 0 Å². The van der Waals surface area contributed by atoms with Crippen molar-refractivity contribution in [1.82, 2.24) is 20.5 Å². The molecule has 0 bridgehead atoms. The van der Waals surface area contributed by atoms with Gasteiger partial charge < -0.3 is 25.0 Å². The van der Waals surface area contributed by atoms with Gasteiger partial charge in [0.15, 0.2) is 5.96 Å². The first kappa shape index (κ1) is 25.5. The van der Waals surface area contributed by atoms with Crippen LogP contribution in [0.4, 0.5) is 0 Å². The molecule has 0 saturated heterocycles. The molecule has 1 aromatic heterocycles. The molecule has 2 aromatic rings. The van der Waals surface area contributed by atoms with E-state index in [2.05, 4.69) is 48.2 Å². The summed E-state index contributed by atoms with van der Waals surface area (Å²) in [5.41, 5.74) is 1.03. The lowest BCUT2D eigenvalue weighted by atomic mass is 10.2. The molecule has 2 N–H and O–H groups in total. The van der Waals surface area contributed by atoms with Gasteiger partial charge in [-0.2, -0.15) is 0 Å². The molecule has 7 nitrogen and oxygen atoms in total. The van der Waals surface area contributed by atoms with Gasteiger partial charge >= 0.3 is 0 Å². The highest BCUT2D eigenvalue weighted by Crippen LogP contribution is 2.22. The number of ether oxygens (including phenoxy) is 2. The van der Waals surface area contributed by atoms with Crippen molar-refractivity contribution in [2.45, 2.75) is 53.1 Å². The fourth-order valence-electron chi connectivity index (χ4n) is 3.29. The maximum Gasteiger partial charge on any atom is 0.219 e. The highest BCUT2D eigenvalue weighted by Gasteiger charge is 2.07. The SMILES string of the molecule is CCNC(=NCc1ccc(Oc2ccc(OC)cc2)nc1)NC(C)CCCN(CC)CC. The van der Waals surface area contributed by atoms with Crippen LogP contribution in [0.25, 0.3) is 0 Å². The van der Waals surface area contributed by atoms with Crippen molar-refractivity contribution in [2.24, 2.45) is 4.99 Å². The van der Waals surface area contributed by atoms with Gasteiger partial charge in [0.25, 0.3) is 0 Å². The Bertz CT molecular complexity index is 789. The highest BCUT2D eigenvalue weighted by atomic mass is 16.5. The van der Waals surface area contributed by atoms with E-state index in [0.717, 1.165) is 55.6 Å². The molecule has 32 heavy (non-hydrogen) atoms. The average Bonchev–Trinajstić information content (AvgIpc) is 2.82. The fraction of sp³-hybridized carbons (Fsp3) is 0.520. The molecule has 0 fully saturated rings. The first-order chi connectivity index (χ1) is 15.6. The number of hydrogen-bond donors (Lipinski definition) is 2. The Morgan fingerprint density at radius 2 is 1.78 bits per heavy atom. The van der Waals surface area contributed by atoms with E-state index in [1.54, 1.807) is 13.3 Å². The summed E-state index contributed by atoms with van der Waals surface area (Å²) in [5, 5.41) is 6.85. The number of guanidine groups is 1. The van der Waals surface area contributed by atoms with Crippen LogP contribution in [0.5, 0.6) is 17.4 Å². The number of aromatic nitrogens is 1. The molecule has 1 heterocycles. The van der Waals surface area contributed by atoms with E-state index >= 15 is 0 Å². The zero-order chi connectivity index (χ0) is 23.2. The molecule has 0 aliphatic rings. The molecule has 2 rings (SSSR count). The second-order valence-corrected chi connectivity index (χ2v) is 7.69. The zero-order valence-electron chi connectivity index (χ0n) is 20.2. The molecular formula is C25H39N5O2. The largest absolute Gasteiger partial charge is 0.497 e. The number of nitrogens with zero attached hydrogens (tertiary/aromatic N) is 3. The number of rotatable bonds is 13. The Morgan fingerprint density at radius 3 is 2.38 bits per heavy atom. The molecule has 0 saturated carbocycles. The van der Waals surface area contributed by atoms with Crippen LogP contribution in [0.1, 0.15) is 46.1 Å². The van der Waals surface area contributed by atoms with Crippen LogP contribution in [-0.2, 0) is 6.54 Å². The summed E-state index contributed by atoms with van der Waals surface area (Å²) in [6.45, 7) is 13.5. The molecule has 0 aliphatic carbocycles. The maximum atomic E-state index is 5.79. The molecule has 1 atom stereocenters. The van der Waals surface area contributed by atoms with Crippen molar-refractivity contribution in [3.63, 3.8) is 0 Å². The van der Waals surface area contributed by atoms with Crippen molar-refractivity contribution in [2.75, 3.05) is 33.3 Å². The van der Waals surface area contributed by atoms with Crippen LogP contribution in [0.3, 0.4) is 0 Å². The summed E-state index contributed by atoms with van der Waals surface area (Å²) in [6.07, 6.45) is 4.09. The predicted octanol–water partition coefficient (Wildman–Crippen LogP) is 4.45. The van der Waals surface area contributed by atoms with Gasteiger partial charge in [0, 0.05) is 24.8 Å². The molecule has 1 unspecified atom stereocenters. The van der Waals surface area contributed by atoms with Gasteiger partial charge in [0.1, 0.15) is 11.5 Å². The van der Waals surface area contributed by atoms with E-state index in [4.69, 9.17) is 14.5 Å². The highest BCUT2D eigenvalue weighted by molar-refractivity contribution is 5.80. The molecule has 7 heteroatoms. The number of benzene rings is 1. The molecule has 0 aliphatic heterocycles. The summed E-state index contributed by atoms with van der Waals surface area (Å²) >= 11 is 0. The molecule has 0 spiro atoms. The van der Waals surface area contributed by atoms with Crippen LogP contribution in [0.15, 0.2) is 47.6 Å². The molecule has 1 aromatic carbocycles. The molecule has 0 radical (unpaired) electrons. The van der Waals surface area contributed by atoms with Gasteiger partial charge in [-0.15, -0.1) is 0 Å². The zero-order valence-corrected chi connectivity index (χ0v) is 20.2. The van der Waals surface area contributed by atoms with Crippen molar-refractivity contribution in [1.29, 1.82) is 0 Å². The van der Waals surface area contributed by atoms with Gasteiger partial charge in [-0.05, 0) is 76.2 Å². The third kappa shape index (κ3) is 9.14. The number of nitrogens with one attached hydrogen (secondary N) is 2. The van der Waals surface area contributed by atoms with Crippen molar-refractivity contribution in [3.8, 4) is 17.4 Å². The second kappa shape index (κ2) is 14.3. The minimum atomic E-state index is 0.363. The Kier molecular flexibility index (Phi) is 11.4. The third-order valence-corrected chi connectivity index (χ3v) is 5.23. The fourth-order valence-corrected chi connectivity index (χ4v) is 3.29. The van der Waals surface area contributed by atoms with Gasteiger partial charge in [0.2, 0.25) is 5.88 Å². The number of aliphatic imine (C=N–C) groups is 1. The van der Waals surface area contributed by atoms with E-state index < -0.39 is 0 Å². The quantitative estimate of drug-likeness (QED) is 0.354. The average molecular weight is 442 g/mol. The summed E-state index contributed by atoms with van der Waals surface area (Å²) in [4.78, 5) is 11.6. The van der Waals surface area contributed by atoms with E-state index in [-0.39, 0.29) is 0 Å². The first-order valence-corrected chi connectivity index (χ1v) is 11.6. The van der Waals surface area contributed by atoms with Crippen LogP contribution in [0, 0.1) is 0 Å². The Hall–Kier alpha value is -2.80. The normalized spacial score (nSPS) is 12.5. The van der Waals surface area contributed by atoms with Gasteiger partial charge in [-0.3, -0.25) is 0 Å². The molecular weight excluding hydrogens is 402 g/mol. The van der Waals surface area contributed by atoms with E-state index in [0.29, 0.717) is 18.5 Å². The lowest BCUT2D eigenvalue weighted by Gasteiger charge is -2.21. The van der Waals surface area contributed by atoms with Crippen molar-refractivity contribution < 1.29 is 9.47 Å². The van der Waals surface area contributed by atoms with Crippen molar-refractivity contribution >= 4 is 5.96 Å². The lowest BCUT2D eigenvalue weighted by Crippen LogP contribution is -2.42. The summed E-state index contributed by atoms with van der Waals surface area (Å²) in [7, 11) is 1.64. The minimum absolute atomic E-state index is 0.363. The summed E-state index contributed by atoms with van der Waals surface area (Å²) in [5.74, 6) is 2.90. The molecule has 176 valence electrons. The second-order valence-electron chi connectivity index (χ2n) is 7.69. The summed E-state index contributed by atoms with van der Waals surface area (Å²) < 4.78 is 11.0. The monoisotopic (exact) mass is 441 g/mol. The van der Waals surface area contributed by atoms with Crippen LogP contribution >= 0.6 is 0 Å². The van der Waals surface area contributed by atoms with Gasteiger partial charge in [-0.25, -0.2) is 9.98 Å².